The van der Waals surface area contributed by atoms with Gasteiger partial charge in [-0.05, 0) is 55.1 Å². The number of amides is 2. The first-order chi connectivity index (χ1) is 13.9. The van der Waals surface area contributed by atoms with Crippen molar-refractivity contribution in [2.75, 3.05) is 6.54 Å². The van der Waals surface area contributed by atoms with Gasteiger partial charge in [-0.25, -0.2) is 4.39 Å². The third kappa shape index (κ3) is 5.54. The molecule has 0 bridgehead atoms. The molecule has 0 aliphatic heterocycles. The van der Waals surface area contributed by atoms with Crippen LogP contribution in [0.25, 0.3) is 0 Å². The molecule has 0 spiro atoms. The normalized spacial score (nSPS) is 10.9. The van der Waals surface area contributed by atoms with Crippen molar-refractivity contribution in [2.45, 2.75) is 33.0 Å². The van der Waals surface area contributed by atoms with Crippen LogP contribution >= 0.6 is 11.3 Å². The fourth-order valence-corrected chi connectivity index (χ4v) is 3.59. The van der Waals surface area contributed by atoms with Crippen LogP contribution in [0.4, 0.5) is 4.39 Å². The summed E-state index contributed by atoms with van der Waals surface area (Å²) in [6.07, 6.45) is 1.55. The highest BCUT2D eigenvalue weighted by Crippen LogP contribution is 2.16. The van der Waals surface area contributed by atoms with Crippen molar-refractivity contribution in [1.29, 1.82) is 0 Å². The molecule has 0 unspecified atom stereocenters. The van der Waals surface area contributed by atoms with Crippen LogP contribution in [-0.2, 0) is 17.9 Å². The van der Waals surface area contributed by atoms with Crippen molar-refractivity contribution < 1.29 is 18.4 Å². The molecule has 5 nitrogen and oxygen atoms in total. The summed E-state index contributed by atoms with van der Waals surface area (Å²) in [6.45, 7) is 4.28. The summed E-state index contributed by atoms with van der Waals surface area (Å²) in [5, 5.41) is 1.84. The molecule has 7 heteroatoms. The molecule has 2 aromatic heterocycles. The first-order valence-electron chi connectivity index (χ1n) is 9.33. The molecule has 0 atom stereocenters. The molecule has 152 valence electrons. The Kier molecular flexibility index (Phi) is 6.82. The van der Waals surface area contributed by atoms with Crippen LogP contribution in [0.2, 0.25) is 0 Å². The lowest BCUT2D eigenvalue weighted by Gasteiger charge is -2.29. The summed E-state index contributed by atoms with van der Waals surface area (Å²) in [5.74, 6) is -0.0567. The number of carbonyl (C=O) groups is 2. The van der Waals surface area contributed by atoms with Gasteiger partial charge in [-0.15, -0.1) is 11.3 Å². The number of halogens is 1. The lowest BCUT2D eigenvalue weighted by Crippen LogP contribution is -2.45. The molecule has 3 aromatic rings. The Morgan fingerprint density at radius 3 is 2.41 bits per heavy atom. The average molecular weight is 415 g/mol. The third-order valence-corrected chi connectivity index (χ3v) is 5.35. The van der Waals surface area contributed by atoms with Gasteiger partial charge in [0.05, 0.1) is 17.7 Å². The molecular formula is C22H23FN2O3S. The van der Waals surface area contributed by atoms with E-state index in [4.69, 9.17) is 4.42 Å². The Morgan fingerprint density at radius 1 is 1.07 bits per heavy atom. The molecule has 2 heterocycles. The quantitative estimate of drug-likeness (QED) is 0.543. The van der Waals surface area contributed by atoms with E-state index in [1.54, 1.807) is 46.4 Å². The maximum absolute atomic E-state index is 13.2. The van der Waals surface area contributed by atoms with Crippen molar-refractivity contribution in [3.8, 4) is 0 Å². The number of hydrogen-bond acceptors (Lipinski definition) is 4. The minimum absolute atomic E-state index is 0.0453. The molecule has 0 aliphatic rings. The molecule has 3 rings (SSSR count). The maximum Gasteiger partial charge on any atom is 0.264 e. The molecule has 0 saturated carbocycles. The van der Waals surface area contributed by atoms with E-state index in [1.807, 2.05) is 25.3 Å². The van der Waals surface area contributed by atoms with E-state index < -0.39 is 0 Å². The van der Waals surface area contributed by atoms with Crippen molar-refractivity contribution >= 4 is 23.2 Å². The van der Waals surface area contributed by atoms with Crippen LogP contribution in [-0.4, -0.2) is 34.2 Å². The van der Waals surface area contributed by atoms with Crippen LogP contribution in [0.5, 0.6) is 0 Å². The van der Waals surface area contributed by atoms with Gasteiger partial charge < -0.3 is 14.2 Å². The predicted molar refractivity (Wildman–Crippen MR) is 110 cm³/mol. The molecule has 0 radical (unpaired) electrons. The number of hydrogen-bond donors (Lipinski definition) is 0. The summed E-state index contributed by atoms with van der Waals surface area (Å²) >= 11 is 1.35. The Labute approximate surface area is 173 Å². The van der Waals surface area contributed by atoms with E-state index in [0.717, 1.165) is 5.56 Å². The van der Waals surface area contributed by atoms with Gasteiger partial charge in [0.25, 0.3) is 5.91 Å². The number of benzene rings is 1. The molecule has 2 amide bonds. The molecule has 1 aromatic carbocycles. The van der Waals surface area contributed by atoms with E-state index in [-0.39, 0.29) is 36.8 Å². The number of thiophene rings is 1. The second kappa shape index (κ2) is 9.52. The third-order valence-electron chi connectivity index (χ3n) is 4.49. The Balaban J connectivity index is 1.78. The van der Waals surface area contributed by atoms with E-state index in [9.17, 15) is 14.0 Å². The summed E-state index contributed by atoms with van der Waals surface area (Å²) in [7, 11) is 0. The molecular weight excluding hydrogens is 391 g/mol. The van der Waals surface area contributed by atoms with Crippen LogP contribution in [0, 0.1) is 5.82 Å². The predicted octanol–water partition coefficient (Wildman–Crippen LogP) is 4.56. The van der Waals surface area contributed by atoms with Gasteiger partial charge in [0.2, 0.25) is 5.91 Å². The highest BCUT2D eigenvalue weighted by molar-refractivity contribution is 7.12. The summed E-state index contributed by atoms with van der Waals surface area (Å²) in [4.78, 5) is 29.8. The topological polar surface area (TPSA) is 53.8 Å². The molecule has 0 fully saturated rings. The van der Waals surface area contributed by atoms with E-state index >= 15 is 0 Å². The fraction of sp³-hybridized carbons (Fsp3) is 0.273. The molecule has 0 saturated heterocycles. The van der Waals surface area contributed by atoms with Crippen LogP contribution in [0.15, 0.2) is 64.6 Å². The molecule has 0 aliphatic carbocycles. The average Bonchev–Trinajstić information content (AvgIpc) is 3.40. The van der Waals surface area contributed by atoms with Crippen molar-refractivity contribution in [3.05, 3.63) is 82.2 Å². The van der Waals surface area contributed by atoms with Crippen molar-refractivity contribution in [2.24, 2.45) is 0 Å². The van der Waals surface area contributed by atoms with Gasteiger partial charge in [-0.1, -0.05) is 18.2 Å². The first-order valence-corrected chi connectivity index (χ1v) is 10.2. The highest BCUT2D eigenvalue weighted by atomic mass is 32.1. The van der Waals surface area contributed by atoms with E-state index in [1.165, 1.54) is 23.5 Å². The number of furan rings is 1. The van der Waals surface area contributed by atoms with Gasteiger partial charge in [-0.2, -0.15) is 0 Å². The van der Waals surface area contributed by atoms with Gasteiger partial charge in [0.15, 0.2) is 0 Å². The van der Waals surface area contributed by atoms with Gasteiger partial charge in [0.1, 0.15) is 18.1 Å². The zero-order chi connectivity index (χ0) is 20.8. The summed E-state index contributed by atoms with van der Waals surface area (Å²) in [6, 6.07) is 13.0. The SMILES string of the molecule is CC(C)N(CC(=O)N(Cc1ccc(F)cc1)Cc1ccco1)C(=O)c1cccs1. The molecule has 0 N–H and O–H groups in total. The Bertz CT molecular complexity index is 922. The van der Waals surface area contributed by atoms with Crippen molar-refractivity contribution in [1.82, 2.24) is 9.80 Å². The van der Waals surface area contributed by atoms with Crippen LogP contribution < -0.4 is 0 Å². The minimum atomic E-state index is -0.329. The monoisotopic (exact) mass is 414 g/mol. The minimum Gasteiger partial charge on any atom is -0.467 e. The van der Waals surface area contributed by atoms with Crippen LogP contribution in [0.1, 0.15) is 34.8 Å². The van der Waals surface area contributed by atoms with Gasteiger partial charge in [0, 0.05) is 12.6 Å². The second-order valence-corrected chi connectivity index (χ2v) is 7.91. The van der Waals surface area contributed by atoms with Crippen molar-refractivity contribution in [3.63, 3.8) is 0 Å². The first kappa shape index (κ1) is 20.8. The van der Waals surface area contributed by atoms with Crippen LogP contribution in [0.3, 0.4) is 0 Å². The van der Waals surface area contributed by atoms with Gasteiger partial charge in [-0.3, -0.25) is 9.59 Å². The Hall–Kier alpha value is -2.93. The van der Waals surface area contributed by atoms with E-state index in [0.29, 0.717) is 17.2 Å². The summed E-state index contributed by atoms with van der Waals surface area (Å²) < 4.78 is 18.6. The smallest absolute Gasteiger partial charge is 0.264 e. The van der Waals surface area contributed by atoms with Gasteiger partial charge >= 0.3 is 0 Å². The molecule has 29 heavy (non-hydrogen) atoms. The largest absolute Gasteiger partial charge is 0.467 e. The second-order valence-electron chi connectivity index (χ2n) is 6.96. The standard InChI is InChI=1S/C22H23FN2O3S/c1-16(2)25(22(27)20-6-4-12-29-20)15-21(26)24(14-19-5-3-11-28-19)13-17-7-9-18(23)10-8-17/h3-12,16H,13-15H2,1-2H3. The van der Waals surface area contributed by atoms with E-state index in [2.05, 4.69) is 0 Å². The lowest BCUT2D eigenvalue weighted by molar-refractivity contribution is -0.133. The number of nitrogens with zero attached hydrogens (tertiary/aromatic N) is 2. The Morgan fingerprint density at radius 2 is 1.83 bits per heavy atom. The number of carbonyl (C=O) groups excluding carboxylic acids is 2. The zero-order valence-corrected chi connectivity index (χ0v) is 17.2. The lowest BCUT2D eigenvalue weighted by atomic mass is 10.2. The summed E-state index contributed by atoms with van der Waals surface area (Å²) in [5.41, 5.74) is 0.798. The number of rotatable bonds is 8. The zero-order valence-electron chi connectivity index (χ0n) is 16.4. The highest BCUT2D eigenvalue weighted by Gasteiger charge is 2.25. The fourth-order valence-electron chi connectivity index (χ4n) is 2.91. The maximum atomic E-state index is 13.2.